The molecular weight excluding hydrogens is 254 g/mol. The number of primary amides is 1. The number of hydrogen-bond donors (Lipinski definition) is 3. The Labute approximate surface area is 108 Å². The van der Waals surface area contributed by atoms with Crippen molar-refractivity contribution in [2.45, 2.75) is 19.4 Å². The van der Waals surface area contributed by atoms with E-state index in [9.17, 15) is 24.8 Å². The van der Waals surface area contributed by atoms with Crippen LogP contribution in [-0.4, -0.2) is 27.4 Å². The number of phenols is 1. The standard InChI is InChI=1S/C11H13N3O5/c1-11(2,10(12)17)13-9(16)7-5-6(15)3-4-8(7)14(18)19/h3-5,15H,1-2H3,(H2,12,17)(H,13,16). The van der Waals surface area contributed by atoms with Gasteiger partial charge in [0.25, 0.3) is 11.6 Å². The minimum atomic E-state index is -1.36. The monoisotopic (exact) mass is 267 g/mol. The number of nitrogens with zero attached hydrogens (tertiary/aromatic N) is 1. The van der Waals surface area contributed by atoms with Crippen LogP contribution in [0.1, 0.15) is 24.2 Å². The molecule has 0 aliphatic heterocycles. The van der Waals surface area contributed by atoms with E-state index in [0.717, 1.165) is 18.2 Å². The molecule has 0 bridgehead atoms. The van der Waals surface area contributed by atoms with E-state index in [1.165, 1.54) is 13.8 Å². The SMILES string of the molecule is CC(C)(NC(=O)c1cc(O)ccc1[N+](=O)[O-])C(N)=O. The summed E-state index contributed by atoms with van der Waals surface area (Å²) in [5.41, 5.74) is 2.90. The highest BCUT2D eigenvalue weighted by molar-refractivity contribution is 6.01. The minimum absolute atomic E-state index is 0.298. The summed E-state index contributed by atoms with van der Waals surface area (Å²) < 4.78 is 0. The summed E-state index contributed by atoms with van der Waals surface area (Å²) >= 11 is 0. The van der Waals surface area contributed by atoms with Gasteiger partial charge in [-0.05, 0) is 26.0 Å². The van der Waals surface area contributed by atoms with Crippen molar-refractivity contribution in [3.05, 3.63) is 33.9 Å². The second-order valence-electron chi connectivity index (χ2n) is 4.40. The minimum Gasteiger partial charge on any atom is -0.508 e. The van der Waals surface area contributed by atoms with Crippen LogP contribution in [0.3, 0.4) is 0 Å². The lowest BCUT2D eigenvalue weighted by Crippen LogP contribution is -2.53. The highest BCUT2D eigenvalue weighted by Crippen LogP contribution is 2.23. The molecule has 0 atom stereocenters. The Bertz CT molecular complexity index is 553. The number of nitro groups is 1. The van der Waals surface area contributed by atoms with Crippen LogP contribution < -0.4 is 11.1 Å². The highest BCUT2D eigenvalue weighted by atomic mass is 16.6. The van der Waals surface area contributed by atoms with Crippen molar-refractivity contribution < 1.29 is 19.6 Å². The Morgan fingerprint density at radius 1 is 1.42 bits per heavy atom. The summed E-state index contributed by atoms with van der Waals surface area (Å²) in [4.78, 5) is 33.0. The molecule has 0 aromatic heterocycles. The zero-order valence-electron chi connectivity index (χ0n) is 10.3. The lowest BCUT2D eigenvalue weighted by molar-refractivity contribution is -0.385. The zero-order valence-corrected chi connectivity index (χ0v) is 10.3. The number of aromatic hydroxyl groups is 1. The lowest BCUT2D eigenvalue weighted by Gasteiger charge is -2.22. The van der Waals surface area contributed by atoms with E-state index in [1.54, 1.807) is 0 Å². The Balaban J connectivity index is 3.16. The first-order valence-electron chi connectivity index (χ1n) is 5.25. The maximum Gasteiger partial charge on any atom is 0.282 e. The fraction of sp³-hybridized carbons (Fsp3) is 0.273. The molecule has 1 rings (SSSR count). The molecule has 1 aromatic rings. The topological polar surface area (TPSA) is 136 Å². The number of carbonyl (C=O) groups excluding carboxylic acids is 2. The number of phenolic OH excluding ortho intramolecular Hbond substituents is 1. The molecule has 2 amide bonds. The molecule has 0 fully saturated rings. The molecule has 8 heteroatoms. The zero-order chi connectivity index (χ0) is 14.8. The maximum absolute atomic E-state index is 11.9. The average Bonchev–Trinajstić information content (AvgIpc) is 2.27. The normalized spacial score (nSPS) is 10.8. The molecule has 19 heavy (non-hydrogen) atoms. The summed E-state index contributed by atoms with van der Waals surface area (Å²) in [5.74, 6) is -1.96. The van der Waals surface area contributed by atoms with Crippen LogP contribution in [-0.2, 0) is 4.79 Å². The molecule has 102 valence electrons. The molecule has 0 spiro atoms. The molecule has 0 heterocycles. The summed E-state index contributed by atoms with van der Waals surface area (Å²) in [6, 6.07) is 3.04. The summed E-state index contributed by atoms with van der Waals surface area (Å²) in [7, 11) is 0. The summed E-state index contributed by atoms with van der Waals surface area (Å²) in [6.45, 7) is 2.73. The van der Waals surface area contributed by atoms with E-state index in [-0.39, 0.29) is 11.3 Å². The quantitative estimate of drug-likeness (QED) is 0.532. The van der Waals surface area contributed by atoms with Crippen molar-refractivity contribution in [1.82, 2.24) is 5.32 Å². The molecular formula is C11H13N3O5. The van der Waals surface area contributed by atoms with Crippen LogP contribution in [0.15, 0.2) is 18.2 Å². The van der Waals surface area contributed by atoms with E-state index in [0.29, 0.717) is 0 Å². The highest BCUT2D eigenvalue weighted by Gasteiger charge is 2.30. The molecule has 0 aliphatic carbocycles. The average molecular weight is 267 g/mol. The maximum atomic E-state index is 11.9. The Morgan fingerprint density at radius 2 is 2.00 bits per heavy atom. The lowest BCUT2D eigenvalue weighted by atomic mass is 10.0. The van der Waals surface area contributed by atoms with Gasteiger partial charge in [-0.3, -0.25) is 19.7 Å². The van der Waals surface area contributed by atoms with Crippen LogP contribution >= 0.6 is 0 Å². The van der Waals surface area contributed by atoms with Gasteiger partial charge in [-0.15, -0.1) is 0 Å². The number of carbonyl (C=O) groups is 2. The van der Waals surface area contributed by atoms with Crippen molar-refractivity contribution in [2.75, 3.05) is 0 Å². The third-order valence-corrected chi connectivity index (χ3v) is 2.46. The van der Waals surface area contributed by atoms with E-state index in [1.807, 2.05) is 0 Å². The van der Waals surface area contributed by atoms with Gasteiger partial charge in [0.15, 0.2) is 0 Å². The number of hydrogen-bond acceptors (Lipinski definition) is 5. The van der Waals surface area contributed by atoms with Crippen LogP contribution in [0.5, 0.6) is 5.75 Å². The van der Waals surface area contributed by atoms with Gasteiger partial charge in [0.1, 0.15) is 16.9 Å². The summed E-state index contributed by atoms with van der Waals surface area (Å²) in [6.07, 6.45) is 0. The first kappa shape index (κ1) is 14.4. The van der Waals surface area contributed by atoms with E-state index < -0.39 is 28.0 Å². The van der Waals surface area contributed by atoms with Gasteiger partial charge in [0.05, 0.1) is 4.92 Å². The van der Waals surface area contributed by atoms with Crippen molar-refractivity contribution in [3.63, 3.8) is 0 Å². The number of nitrogens with one attached hydrogen (secondary N) is 1. The fourth-order valence-electron chi connectivity index (χ4n) is 1.28. The molecule has 0 radical (unpaired) electrons. The second kappa shape index (κ2) is 4.92. The molecule has 8 nitrogen and oxygen atoms in total. The number of rotatable bonds is 4. The Morgan fingerprint density at radius 3 is 2.47 bits per heavy atom. The number of nitro benzene ring substituents is 1. The number of benzene rings is 1. The molecule has 0 aliphatic rings. The van der Waals surface area contributed by atoms with Gasteiger partial charge >= 0.3 is 0 Å². The van der Waals surface area contributed by atoms with Gasteiger partial charge in [0, 0.05) is 6.07 Å². The van der Waals surface area contributed by atoms with Gasteiger partial charge in [0.2, 0.25) is 5.91 Å². The van der Waals surface area contributed by atoms with Crippen molar-refractivity contribution >= 4 is 17.5 Å². The first-order chi connectivity index (χ1) is 8.65. The fourth-order valence-corrected chi connectivity index (χ4v) is 1.28. The predicted molar refractivity (Wildman–Crippen MR) is 65.5 cm³/mol. The van der Waals surface area contributed by atoms with E-state index in [2.05, 4.69) is 5.32 Å². The van der Waals surface area contributed by atoms with Gasteiger partial charge in [-0.1, -0.05) is 0 Å². The molecule has 0 unspecified atom stereocenters. The smallest absolute Gasteiger partial charge is 0.282 e. The third-order valence-electron chi connectivity index (χ3n) is 2.46. The number of amides is 2. The predicted octanol–water partition coefficient (Wildman–Crippen LogP) is 0.294. The molecule has 0 saturated carbocycles. The van der Waals surface area contributed by atoms with Crippen molar-refractivity contribution in [3.8, 4) is 5.75 Å². The molecule has 0 saturated heterocycles. The van der Waals surface area contributed by atoms with Gasteiger partial charge in [-0.2, -0.15) is 0 Å². The third kappa shape index (κ3) is 3.18. The number of nitrogens with two attached hydrogens (primary N) is 1. The van der Waals surface area contributed by atoms with Gasteiger partial charge < -0.3 is 16.2 Å². The first-order valence-corrected chi connectivity index (χ1v) is 5.25. The van der Waals surface area contributed by atoms with E-state index in [4.69, 9.17) is 5.73 Å². The Hall–Kier alpha value is -2.64. The van der Waals surface area contributed by atoms with Crippen LogP contribution in [0.2, 0.25) is 0 Å². The second-order valence-corrected chi connectivity index (χ2v) is 4.40. The van der Waals surface area contributed by atoms with Crippen molar-refractivity contribution in [2.24, 2.45) is 5.73 Å². The largest absolute Gasteiger partial charge is 0.508 e. The van der Waals surface area contributed by atoms with Crippen LogP contribution in [0.4, 0.5) is 5.69 Å². The molecule has 4 N–H and O–H groups in total. The van der Waals surface area contributed by atoms with Crippen molar-refractivity contribution in [1.29, 1.82) is 0 Å². The summed E-state index contributed by atoms with van der Waals surface area (Å²) in [5, 5.41) is 22.3. The molecule has 1 aromatic carbocycles. The van der Waals surface area contributed by atoms with E-state index >= 15 is 0 Å². The van der Waals surface area contributed by atoms with Crippen LogP contribution in [0, 0.1) is 10.1 Å². The Kier molecular flexibility index (Phi) is 3.74. The van der Waals surface area contributed by atoms with Crippen LogP contribution in [0.25, 0.3) is 0 Å². The van der Waals surface area contributed by atoms with Gasteiger partial charge in [-0.25, -0.2) is 0 Å².